The molecule has 3 aliphatic rings. The lowest BCUT2D eigenvalue weighted by Gasteiger charge is -2.13. The highest BCUT2D eigenvalue weighted by Crippen LogP contribution is 2.21. The molecule has 0 N–H and O–H groups in total. The molecule has 3 radical (unpaired) electrons. The Morgan fingerprint density at radius 1 is 0.480 bits per heavy atom. The van der Waals surface area contributed by atoms with Gasteiger partial charge in [0.15, 0.2) is 0 Å². The molecule has 0 amide bonds. The number of hydrogen-bond donors (Lipinski definition) is 0. The van der Waals surface area contributed by atoms with Crippen LogP contribution in [0.1, 0.15) is 129 Å². The van der Waals surface area contributed by atoms with E-state index in [-0.39, 0.29) is 0 Å². The molecule has 0 heteroatoms. The van der Waals surface area contributed by atoms with Crippen LogP contribution in [0, 0.1) is 31.1 Å². The average Bonchev–Trinajstić information content (AvgIpc) is 2.79. The summed E-state index contributed by atoms with van der Waals surface area (Å²) in [6, 6.07) is 0. The summed E-state index contributed by atoms with van der Waals surface area (Å²) < 4.78 is 0. The molecule has 0 aliphatic heterocycles. The maximum Gasteiger partial charge on any atom is -0.0358 e. The summed E-state index contributed by atoms with van der Waals surface area (Å²) in [5.41, 5.74) is 0. The molecule has 3 rings (SSSR count). The fourth-order valence-electron chi connectivity index (χ4n) is 4.04. The fraction of sp³-hybridized carbons (Fsp3) is 0.880. The van der Waals surface area contributed by atoms with Gasteiger partial charge >= 0.3 is 0 Å². The maximum atomic E-state index is 2.49. The molecule has 3 aliphatic carbocycles. The standard InChI is InChI=1S/C9H17.2C8H15/c1-9-7-5-3-2-4-6-8-9;1-8-6-4-2-3-5-7-8;1-2-4-6-8-7-5-3-1/h7,9H,2-6,8H2,1H3;2,8H,3-7H2,1H3;1H,2-8H2. The molecule has 25 heavy (non-hydrogen) atoms. The van der Waals surface area contributed by atoms with Crippen molar-refractivity contribution in [3.8, 4) is 0 Å². The van der Waals surface area contributed by atoms with E-state index in [4.69, 9.17) is 0 Å². The fourth-order valence-corrected chi connectivity index (χ4v) is 4.04. The van der Waals surface area contributed by atoms with Gasteiger partial charge in [0.25, 0.3) is 0 Å². The first-order valence-electron chi connectivity index (χ1n) is 11.8. The molecule has 2 unspecified atom stereocenters. The predicted molar refractivity (Wildman–Crippen MR) is 114 cm³/mol. The second-order valence-electron chi connectivity index (χ2n) is 8.74. The summed E-state index contributed by atoms with van der Waals surface area (Å²) in [6.07, 6.45) is 33.1. The van der Waals surface area contributed by atoms with Crippen LogP contribution >= 0.6 is 0 Å². The highest BCUT2D eigenvalue weighted by molar-refractivity contribution is 4.74. The van der Waals surface area contributed by atoms with Crippen LogP contribution in [0.15, 0.2) is 0 Å². The summed E-state index contributed by atoms with van der Waals surface area (Å²) in [5.74, 6) is 1.89. The number of hydrogen-bond acceptors (Lipinski definition) is 0. The molecular formula is C25H47. The van der Waals surface area contributed by atoms with Gasteiger partial charge in [0.1, 0.15) is 0 Å². The lowest BCUT2D eigenvalue weighted by Crippen LogP contribution is -1.98. The van der Waals surface area contributed by atoms with Crippen molar-refractivity contribution in [2.24, 2.45) is 11.8 Å². The van der Waals surface area contributed by atoms with Crippen molar-refractivity contribution in [2.75, 3.05) is 0 Å². The van der Waals surface area contributed by atoms with E-state index in [1.165, 1.54) is 116 Å². The minimum absolute atomic E-state index is 0.894. The molecular weight excluding hydrogens is 300 g/mol. The van der Waals surface area contributed by atoms with Crippen molar-refractivity contribution >= 4 is 0 Å². The largest absolute Gasteiger partial charge is 0.0625 e. The van der Waals surface area contributed by atoms with Gasteiger partial charge in [-0.2, -0.15) is 0 Å². The van der Waals surface area contributed by atoms with Gasteiger partial charge in [0, 0.05) is 0 Å². The van der Waals surface area contributed by atoms with Crippen LogP contribution in [-0.2, 0) is 0 Å². The van der Waals surface area contributed by atoms with E-state index >= 15 is 0 Å². The van der Waals surface area contributed by atoms with Crippen molar-refractivity contribution in [2.45, 2.75) is 129 Å². The van der Waals surface area contributed by atoms with Gasteiger partial charge in [-0.15, -0.1) is 0 Å². The Morgan fingerprint density at radius 3 is 1.80 bits per heavy atom. The van der Waals surface area contributed by atoms with Crippen LogP contribution in [0.3, 0.4) is 0 Å². The zero-order valence-electron chi connectivity index (χ0n) is 17.6. The Hall–Kier alpha value is 0. The lowest BCUT2D eigenvalue weighted by molar-refractivity contribution is 0.480. The predicted octanol–water partition coefficient (Wildman–Crippen LogP) is 8.91. The van der Waals surface area contributed by atoms with Crippen molar-refractivity contribution in [1.82, 2.24) is 0 Å². The zero-order valence-corrected chi connectivity index (χ0v) is 17.6. The minimum Gasteiger partial charge on any atom is -0.0625 e. The van der Waals surface area contributed by atoms with Gasteiger partial charge in [-0.1, -0.05) is 117 Å². The normalized spacial score (nSPS) is 24.7. The first kappa shape index (κ1) is 23.0. The molecule has 0 saturated heterocycles. The van der Waals surface area contributed by atoms with E-state index in [2.05, 4.69) is 33.1 Å². The van der Waals surface area contributed by atoms with E-state index in [9.17, 15) is 0 Å². The van der Waals surface area contributed by atoms with E-state index in [1.807, 2.05) is 0 Å². The highest BCUT2D eigenvalue weighted by atomic mass is 14.1. The van der Waals surface area contributed by atoms with Gasteiger partial charge in [-0.05, 0) is 43.9 Å². The quantitative estimate of drug-likeness (QED) is 0.384. The first-order chi connectivity index (χ1) is 12.3. The Bertz CT molecular complexity index is 217. The lowest BCUT2D eigenvalue weighted by atomic mass is 9.93. The average molecular weight is 348 g/mol. The molecule has 0 aromatic carbocycles. The topological polar surface area (TPSA) is 0 Å². The molecule has 3 fully saturated rings. The summed E-state index contributed by atoms with van der Waals surface area (Å²) in [5, 5.41) is 0. The minimum atomic E-state index is 0.894. The third kappa shape index (κ3) is 15.9. The van der Waals surface area contributed by atoms with Crippen LogP contribution in [0.4, 0.5) is 0 Å². The molecule has 147 valence electrons. The number of rotatable bonds is 0. The zero-order chi connectivity index (χ0) is 18.0. The third-order valence-electron chi connectivity index (χ3n) is 5.97. The van der Waals surface area contributed by atoms with E-state index in [1.54, 1.807) is 0 Å². The van der Waals surface area contributed by atoms with Crippen molar-refractivity contribution < 1.29 is 0 Å². The van der Waals surface area contributed by atoms with Crippen LogP contribution in [0.2, 0.25) is 0 Å². The molecule has 2 atom stereocenters. The van der Waals surface area contributed by atoms with Gasteiger partial charge in [-0.25, -0.2) is 0 Å². The smallest absolute Gasteiger partial charge is 0.0358 e. The van der Waals surface area contributed by atoms with Gasteiger partial charge in [-0.3, -0.25) is 0 Å². The Morgan fingerprint density at radius 2 is 1.04 bits per heavy atom. The molecule has 0 nitrogen and oxygen atoms in total. The monoisotopic (exact) mass is 347 g/mol. The van der Waals surface area contributed by atoms with Gasteiger partial charge < -0.3 is 0 Å². The maximum absolute atomic E-state index is 2.49. The van der Waals surface area contributed by atoms with Crippen molar-refractivity contribution in [3.05, 3.63) is 19.3 Å². The molecule has 0 bridgehead atoms. The molecule has 0 heterocycles. The van der Waals surface area contributed by atoms with Crippen molar-refractivity contribution in [1.29, 1.82) is 0 Å². The Kier molecular flexibility index (Phi) is 16.1. The van der Waals surface area contributed by atoms with Crippen molar-refractivity contribution in [3.63, 3.8) is 0 Å². The van der Waals surface area contributed by atoms with E-state index < -0.39 is 0 Å². The summed E-state index contributed by atoms with van der Waals surface area (Å²) in [4.78, 5) is 0. The van der Waals surface area contributed by atoms with E-state index in [0.29, 0.717) is 0 Å². The SMILES string of the molecule is CC1CC[CH]CCC1.CC1[CH]CCCCCC1.[CH]1CCCCCCC1. The first-order valence-corrected chi connectivity index (χ1v) is 11.8. The highest BCUT2D eigenvalue weighted by Gasteiger charge is 2.05. The molecule has 3 saturated carbocycles. The van der Waals surface area contributed by atoms with Crippen LogP contribution in [0.25, 0.3) is 0 Å². The van der Waals surface area contributed by atoms with Crippen LogP contribution < -0.4 is 0 Å². The molecule has 0 aromatic rings. The summed E-state index contributed by atoms with van der Waals surface area (Å²) >= 11 is 0. The summed E-state index contributed by atoms with van der Waals surface area (Å²) in [6.45, 7) is 4.70. The second-order valence-corrected chi connectivity index (χ2v) is 8.74. The molecule has 0 spiro atoms. The third-order valence-corrected chi connectivity index (χ3v) is 5.97. The van der Waals surface area contributed by atoms with Crippen LogP contribution in [-0.4, -0.2) is 0 Å². The van der Waals surface area contributed by atoms with Gasteiger partial charge in [0.2, 0.25) is 0 Å². The second kappa shape index (κ2) is 17.4. The molecule has 0 aromatic heterocycles. The van der Waals surface area contributed by atoms with Gasteiger partial charge in [0.05, 0.1) is 0 Å². The Balaban J connectivity index is 0.000000188. The Labute approximate surface area is 160 Å². The van der Waals surface area contributed by atoms with Crippen LogP contribution in [0.5, 0.6) is 0 Å². The summed E-state index contributed by atoms with van der Waals surface area (Å²) in [7, 11) is 0. The van der Waals surface area contributed by atoms with E-state index in [0.717, 1.165) is 11.8 Å².